The molecule has 0 bridgehead atoms. The topological polar surface area (TPSA) is 3.24 Å². The second-order valence-electron chi connectivity index (χ2n) is 3.85. The van der Waals surface area contributed by atoms with Crippen LogP contribution in [0.4, 0.5) is 0 Å². The minimum absolute atomic E-state index is 0.990. The van der Waals surface area contributed by atoms with Gasteiger partial charge in [0.2, 0.25) is 0 Å². The smallest absolute Gasteiger partial charge is 0.0227 e. The standard InChI is InChI=1S/C13H25N/c1-5-8-10-14(11-9-6-2)12-13(4)7-3/h7H,3-6,8-12H2,1-2H3. The molecule has 0 aliphatic carbocycles. The lowest BCUT2D eigenvalue weighted by molar-refractivity contribution is 0.288. The van der Waals surface area contributed by atoms with Gasteiger partial charge in [0, 0.05) is 6.54 Å². The molecular weight excluding hydrogens is 170 g/mol. The van der Waals surface area contributed by atoms with Crippen molar-refractivity contribution in [3.63, 3.8) is 0 Å². The van der Waals surface area contributed by atoms with Gasteiger partial charge in [-0.1, -0.05) is 45.9 Å². The maximum atomic E-state index is 3.97. The SMILES string of the molecule is C=CC(=C)CN(CCCC)CCCC. The summed E-state index contributed by atoms with van der Waals surface area (Å²) in [6, 6.07) is 0. The van der Waals surface area contributed by atoms with E-state index in [9.17, 15) is 0 Å². The fourth-order valence-electron chi connectivity index (χ4n) is 1.39. The number of rotatable bonds is 9. The highest BCUT2D eigenvalue weighted by molar-refractivity contribution is 5.12. The van der Waals surface area contributed by atoms with Crippen molar-refractivity contribution in [3.8, 4) is 0 Å². The summed E-state index contributed by atoms with van der Waals surface area (Å²) in [5, 5.41) is 0. The number of hydrogen-bond acceptors (Lipinski definition) is 1. The van der Waals surface area contributed by atoms with Crippen LogP contribution in [-0.4, -0.2) is 24.5 Å². The second kappa shape index (κ2) is 9.01. The van der Waals surface area contributed by atoms with E-state index in [2.05, 4.69) is 31.9 Å². The molecule has 1 heteroatoms. The first-order valence-electron chi connectivity index (χ1n) is 5.77. The molecule has 0 amide bonds. The molecule has 0 heterocycles. The Bertz CT molecular complexity index is 153. The van der Waals surface area contributed by atoms with E-state index in [1.54, 1.807) is 0 Å². The van der Waals surface area contributed by atoms with Crippen molar-refractivity contribution in [1.82, 2.24) is 4.90 Å². The molecule has 14 heavy (non-hydrogen) atoms. The summed E-state index contributed by atoms with van der Waals surface area (Å²) in [6.07, 6.45) is 6.97. The maximum Gasteiger partial charge on any atom is 0.0227 e. The van der Waals surface area contributed by atoms with Gasteiger partial charge < -0.3 is 0 Å². The van der Waals surface area contributed by atoms with Gasteiger partial charge >= 0.3 is 0 Å². The zero-order valence-corrected chi connectivity index (χ0v) is 9.89. The molecule has 0 aromatic carbocycles. The second-order valence-corrected chi connectivity index (χ2v) is 3.85. The Hall–Kier alpha value is -0.560. The summed E-state index contributed by atoms with van der Waals surface area (Å²) in [6.45, 7) is 15.6. The highest BCUT2D eigenvalue weighted by Crippen LogP contribution is 2.03. The van der Waals surface area contributed by atoms with E-state index < -0.39 is 0 Å². The van der Waals surface area contributed by atoms with Crippen molar-refractivity contribution in [3.05, 3.63) is 24.8 Å². The average Bonchev–Trinajstić information content (AvgIpc) is 2.21. The molecule has 0 saturated carbocycles. The fraction of sp³-hybridized carbons (Fsp3) is 0.692. The summed E-state index contributed by atoms with van der Waals surface area (Å²) >= 11 is 0. The van der Waals surface area contributed by atoms with Crippen LogP contribution in [0.3, 0.4) is 0 Å². The van der Waals surface area contributed by atoms with Gasteiger partial charge in [-0.2, -0.15) is 0 Å². The first-order valence-corrected chi connectivity index (χ1v) is 5.77. The first-order chi connectivity index (χ1) is 6.74. The number of nitrogens with zero attached hydrogens (tertiary/aromatic N) is 1. The van der Waals surface area contributed by atoms with Crippen molar-refractivity contribution in [1.29, 1.82) is 0 Å². The molecule has 1 nitrogen and oxygen atoms in total. The Morgan fingerprint density at radius 3 is 2.00 bits per heavy atom. The Kier molecular flexibility index (Phi) is 8.65. The molecule has 0 fully saturated rings. The molecule has 0 aliphatic heterocycles. The molecule has 0 radical (unpaired) electrons. The van der Waals surface area contributed by atoms with E-state index in [4.69, 9.17) is 0 Å². The lowest BCUT2D eigenvalue weighted by Gasteiger charge is -2.21. The predicted molar refractivity (Wildman–Crippen MR) is 65.6 cm³/mol. The zero-order valence-electron chi connectivity index (χ0n) is 9.89. The molecule has 0 aliphatic rings. The van der Waals surface area contributed by atoms with Gasteiger partial charge in [-0.15, -0.1) is 0 Å². The van der Waals surface area contributed by atoms with Crippen LogP contribution in [-0.2, 0) is 0 Å². The van der Waals surface area contributed by atoms with E-state index in [-0.39, 0.29) is 0 Å². The molecule has 0 atom stereocenters. The minimum atomic E-state index is 0.990. The van der Waals surface area contributed by atoms with Crippen LogP contribution in [0.15, 0.2) is 24.8 Å². The zero-order chi connectivity index (χ0) is 10.8. The molecule has 0 aromatic rings. The van der Waals surface area contributed by atoms with Crippen molar-refractivity contribution in [2.75, 3.05) is 19.6 Å². The van der Waals surface area contributed by atoms with Crippen LogP contribution in [0.5, 0.6) is 0 Å². The van der Waals surface area contributed by atoms with E-state index in [0.29, 0.717) is 0 Å². The third-order valence-electron chi connectivity index (χ3n) is 2.37. The van der Waals surface area contributed by atoms with Gasteiger partial charge in [0.25, 0.3) is 0 Å². The molecule has 0 aromatic heterocycles. The predicted octanol–water partition coefficient (Wildman–Crippen LogP) is 3.63. The average molecular weight is 195 g/mol. The molecule has 82 valence electrons. The van der Waals surface area contributed by atoms with E-state index in [1.165, 1.54) is 38.8 Å². The van der Waals surface area contributed by atoms with Crippen molar-refractivity contribution in [2.24, 2.45) is 0 Å². The molecule has 0 rings (SSSR count). The molecular formula is C13H25N. The third-order valence-corrected chi connectivity index (χ3v) is 2.37. The third kappa shape index (κ3) is 6.90. The van der Waals surface area contributed by atoms with Gasteiger partial charge in [0.05, 0.1) is 0 Å². The Balaban J connectivity index is 3.82. The molecule has 0 saturated heterocycles. The van der Waals surface area contributed by atoms with Gasteiger partial charge in [-0.25, -0.2) is 0 Å². The van der Waals surface area contributed by atoms with Crippen LogP contribution < -0.4 is 0 Å². The Labute approximate surface area is 89.5 Å². The summed E-state index contributed by atoms with van der Waals surface area (Å²) in [4.78, 5) is 2.48. The molecule has 0 unspecified atom stereocenters. The summed E-state index contributed by atoms with van der Waals surface area (Å²) < 4.78 is 0. The first kappa shape index (κ1) is 13.4. The normalized spacial score (nSPS) is 10.5. The fourth-order valence-corrected chi connectivity index (χ4v) is 1.39. The van der Waals surface area contributed by atoms with Crippen LogP contribution in [0.25, 0.3) is 0 Å². The van der Waals surface area contributed by atoms with Crippen molar-refractivity contribution >= 4 is 0 Å². The number of unbranched alkanes of at least 4 members (excludes halogenated alkanes) is 2. The monoisotopic (exact) mass is 195 g/mol. The van der Waals surface area contributed by atoms with Crippen LogP contribution in [0, 0.1) is 0 Å². The lowest BCUT2D eigenvalue weighted by Crippen LogP contribution is -2.27. The van der Waals surface area contributed by atoms with Gasteiger partial charge in [0.1, 0.15) is 0 Å². The van der Waals surface area contributed by atoms with Crippen LogP contribution in [0.1, 0.15) is 39.5 Å². The minimum Gasteiger partial charge on any atom is -0.299 e. The van der Waals surface area contributed by atoms with E-state index in [1.807, 2.05) is 6.08 Å². The van der Waals surface area contributed by atoms with E-state index in [0.717, 1.165) is 12.1 Å². The maximum absolute atomic E-state index is 3.97. The van der Waals surface area contributed by atoms with E-state index >= 15 is 0 Å². The lowest BCUT2D eigenvalue weighted by atomic mass is 10.2. The van der Waals surface area contributed by atoms with Crippen molar-refractivity contribution < 1.29 is 0 Å². The summed E-state index contributed by atoms with van der Waals surface area (Å²) in [7, 11) is 0. The number of hydrogen-bond donors (Lipinski definition) is 0. The molecule has 0 N–H and O–H groups in total. The van der Waals surface area contributed by atoms with Crippen molar-refractivity contribution in [2.45, 2.75) is 39.5 Å². The Morgan fingerprint density at radius 2 is 1.64 bits per heavy atom. The summed E-state index contributed by atoms with van der Waals surface area (Å²) in [5.41, 5.74) is 1.14. The quantitative estimate of drug-likeness (QED) is 0.508. The van der Waals surface area contributed by atoms with Crippen LogP contribution in [0.2, 0.25) is 0 Å². The highest BCUT2D eigenvalue weighted by atomic mass is 15.1. The van der Waals surface area contributed by atoms with Gasteiger partial charge in [-0.3, -0.25) is 4.90 Å². The van der Waals surface area contributed by atoms with Gasteiger partial charge in [0.15, 0.2) is 0 Å². The largest absolute Gasteiger partial charge is 0.299 e. The van der Waals surface area contributed by atoms with Gasteiger partial charge in [-0.05, 0) is 31.5 Å². The highest BCUT2D eigenvalue weighted by Gasteiger charge is 2.03. The summed E-state index contributed by atoms with van der Waals surface area (Å²) in [5.74, 6) is 0. The Morgan fingerprint density at radius 1 is 1.14 bits per heavy atom. The van der Waals surface area contributed by atoms with Crippen LogP contribution >= 0.6 is 0 Å². The molecule has 0 spiro atoms.